The third-order valence-corrected chi connectivity index (χ3v) is 13.2. The molecule has 4 aromatic heterocycles. The SMILES string of the molecule is CC(C)Cc1cc(-c2[c-]cccc2)ncc1[Si](C)(C)C.CC(C)c1c(-n2c(-c3[c-]ccc4c3oc3ncccc34)nc3ccccc32)c2ccccc2c2ccccc12.[Ir]. The van der Waals surface area contributed by atoms with Gasteiger partial charge in [-0.3, -0.25) is 4.98 Å². The standard InChI is InChI=1S/C35H24N3O.C18H24NSi.Ir/c1-21(2)31-24-13-5-3-11-22(24)23-12-4-6-14-25(23)32(31)38-30-19-8-7-18-29(30)37-34(38)28-16-9-15-26-27-17-10-20-36-35(27)39-33(26)28;1-14(2)11-16-12-17(15-9-7-6-8-10-15)19-13-18(16)20(3,4)5;/h3-15,17-21H,1-2H3;6-9,12-14H,11H2,1-5H3;/q2*-1;. The second-order valence-corrected chi connectivity index (χ2v) is 22.2. The van der Waals surface area contributed by atoms with Gasteiger partial charge >= 0.3 is 0 Å². The predicted octanol–water partition coefficient (Wildman–Crippen LogP) is 13.5. The van der Waals surface area contributed by atoms with Crippen LogP contribution in [0.15, 0.2) is 144 Å². The van der Waals surface area contributed by atoms with Crippen LogP contribution in [0.25, 0.3) is 83.0 Å². The van der Waals surface area contributed by atoms with Crippen LogP contribution in [0.3, 0.4) is 0 Å². The number of hydrogen-bond donors (Lipinski definition) is 0. The molecule has 0 aliphatic carbocycles. The van der Waals surface area contributed by atoms with Gasteiger partial charge < -0.3 is 14.0 Å². The minimum Gasteiger partial charge on any atom is -0.486 e. The molecule has 10 rings (SSSR count). The molecule has 0 aliphatic rings. The fourth-order valence-corrected chi connectivity index (χ4v) is 10.2. The summed E-state index contributed by atoms with van der Waals surface area (Å²) < 4.78 is 8.69. The van der Waals surface area contributed by atoms with Crippen molar-refractivity contribution in [2.75, 3.05) is 0 Å². The van der Waals surface area contributed by atoms with Gasteiger partial charge in [0.25, 0.3) is 0 Å². The van der Waals surface area contributed by atoms with E-state index in [2.05, 4.69) is 165 Å². The molecule has 0 fully saturated rings. The molecule has 1 radical (unpaired) electrons. The number of rotatable bonds is 7. The normalized spacial score (nSPS) is 11.8. The molecule has 5 nitrogen and oxygen atoms in total. The fraction of sp³-hybridized carbons (Fsp3) is 0.189. The van der Waals surface area contributed by atoms with Gasteiger partial charge in [-0.05, 0) is 75.1 Å². The predicted molar refractivity (Wildman–Crippen MR) is 250 cm³/mol. The first-order valence-electron chi connectivity index (χ1n) is 20.6. The molecule has 0 N–H and O–H groups in total. The Morgan fingerprint density at radius 2 is 1.37 bits per heavy atom. The molecule has 60 heavy (non-hydrogen) atoms. The monoisotopic (exact) mass is 977 g/mol. The average molecular weight is 977 g/mol. The van der Waals surface area contributed by atoms with Gasteiger partial charge in [0, 0.05) is 43.3 Å². The minimum atomic E-state index is -1.34. The van der Waals surface area contributed by atoms with Crippen molar-refractivity contribution in [3.8, 4) is 28.3 Å². The first kappa shape index (κ1) is 41.0. The Morgan fingerprint density at radius 3 is 2.08 bits per heavy atom. The number of benzene rings is 6. The Balaban J connectivity index is 0.000000202. The van der Waals surface area contributed by atoms with Crippen molar-refractivity contribution in [2.45, 2.75) is 59.7 Å². The van der Waals surface area contributed by atoms with Crippen molar-refractivity contribution >= 4 is 67.9 Å². The molecule has 0 bridgehead atoms. The van der Waals surface area contributed by atoms with E-state index in [1.807, 2.05) is 42.5 Å². The largest absolute Gasteiger partial charge is 0.486 e. The Kier molecular flexibility index (Phi) is 11.4. The van der Waals surface area contributed by atoms with Crippen LogP contribution in [-0.2, 0) is 26.5 Å². The van der Waals surface area contributed by atoms with Crippen molar-refractivity contribution in [3.63, 3.8) is 0 Å². The summed E-state index contributed by atoms with van der Waals surface area (Å²) >= 11 is 0. The van der Waals surface area contributed by atoms with Crippen LogP contribution in [0.1, 0.15) is 44.7 Å². The molecule has 0 aliphatic heterocycles. The van der Waals surface area contributed by atoms with Gasteiger partial charge in [-0.25, -0.2) is 4.98 Å². The average Bonchev–Trinajstić information content (AvgIpc) is 3.82. The summed E-state index contributed by atoms with van der Waals surface area (Å²) in [5.74, 6) is 1.75. The first-order chi connectivity index (χ1) is 28.6. The van der Waals surface area contributed by atoms with Crippen molar-refractivity contribution in [3.05, 3.63) is 163 Å². The van der Waals surface area contributed by atoms with E-state index in [1.54, 1.807) is 6.20 Å². The van der Waals surface area contributed by atoms with Gasteiger partial charge in [-0.15, -0.1) is 54.1 Å². The molecular weight excluding hydrogens is 929 g/mol. The Labute approximate surface area is 366 Å². The Morgan fingerprint density at radius 1 is 0.683 bits per heavy atom. The molecule has 10 aromatic rings. The second-order valence-electron chi connectivity index (χ2n) is 17.2. The number of para-hydroxylation sites is 2. The van der Waals surface area contributed by atoms with Crippen LogP contribution in [0.5, 0.6) is 0 Å². The van der Waals surface area contributed by atoms with Crippen molar-refractivity contribution in [1.82, 2.24) is 19.5 Å². The fourth-order valence-electron chi connectivity index (χ4n) is 8.62. The third-order valence-electron chi connectivity index (χ3n) is 11.2. The molecule has 0 amide bonds. The number of imidazole rings is 1. The van der Waals surface area contributed by atoms with E-state index in [9.17, 15) is 0 Å². The number of aromatic nitrogens is 4. The van der Waals surface area contributed by atoms with E-state index < -0.39 is 8.07 Å². The molecule has 7 heteroatoms. The Bertz CT molecular complexity index is 3140. The summed E-state index contributed by atoms with van der Waals surface area (Å²) in [5.41, 5.74) is 10.2. The summed E-state index contributed by atoms with van der Waals surface area (Å²) in [6.07, 6.45) is 5.00. The maximum Gasteiger partial charge on any atom is 0.216 e. The summed E-state index contributed by atoms with van der Waals surface area (Å²) in [4.78, 5) is 14.4. The van der Waals surface area contributed by atoms with E-state index in [1.165, 1.54) is 37.9 Å². The number of hydrogen-bond acceptors (Lipinski definition) is 4. The molecule has 0 saturated carbocycles. The molecule has 0 atom stereocenters. The zero-order valence-electron chi connectivity index (χ0n) is 35.2. The first-order valence-corrected chi connectivity index (χ1v) is 24.1. The van der Waals surface area contributed by atoms with Gasteiger partial charge in [0.05, 0.1) is 36.2 Å². The van der Waals surface area contributed by atoms with E-state index in [0.29, 0.717) is 11.6 Å². The van der Waals surface area contributed by atoms with Gasteiger partial charge in [-0.1, -0.05) is 131 Å². The molecule has 0 saturated heterocycles. The van der Waals surface area contributed by atoms with Crippen molar-refractivity contribution in [2.24, 2.45) is 5.92 Å². The molecule has 4 heterocycles. The van der Waals surface area contributed by atoms with Crippen molar-refractivity contribution < 1.29 is 24.5 Å². The van der Waals surface area contributed by atoms with Crippen LogP contribution >= 0.6 is 0 Å². The van der Waals surface area contributed by atoms with E-state index >= 15 is 0 Å². The smallest absolute Gasteiger partial charge is 0.216 e. The van der Waals surface area contributed by atoms with E-state index in [-0.39, 0.29) is 26.0 Å². The number of furan rings is 1. The quantitative estimate of drug-likeness (QED) is 0.0907. The maximum absolute atomic E-state index is 6.36. The van der Waals surface area contributed by atoms with Gasteiger partial charge in [0.15, 0.2) is 0 Å². The Hall–Kier alpha value is -5.72. The zero-order chi connectivity index (χ0) is 40.8. The molecule has 6 aromatic carbocycles. The minimum absolute atomic E-state index is 0. The number of pyridine rings is 2. The van der Waals surface area contributed by atoms with Crippen LogP contribution in [-0.4, -0.2) is 27.6 Å². The van der Waals surface area contributed by atoms with E-state index in [4.69, 9.17) is 9.40 Å². The molecule has 0 unspecified atom stereocenters. The van der Waals surface area contributed by atoms with Crippen LogP contribution in [0.4, 0.5) is 0 Å². The molecule has 301 valence electrons. The van der Waals surface area contributed by atoms with Crippen LogP contribution in [0.2, 0.25) is 19.6 Å². The van der Waals surface area contributed by atoms with Gasteiger partial charge in [0.2, 0.25) is 5.71 Å². The summed E-state index contributed by atoms with van der Waals surface area (Å²) in [6.45, 7) is 16.3. The van der Waals surface area contributed by atoms with Crippen molar-refractivity contribution in [1.29, 1.82) is 0 Å². The second kappa shape index (κ2) is 16.7. The molecular formula is C53H48IrN4OSi-2. The van der Waals surface area contributed by atoms with Gasteiger partial charge in [-0.2, -0.15) is 0 Å². The van der Waals surface area contributed by atoms with Crippen LogP contribution in [0, 0.1) is 18.1 Å². The van der Waals surface area contributed by atoms with E-state index in [0.717, 1.165) is 62.1 Å². The summed E-state index contributed by atoms with van der Waals surface area (Å²) in [7, 11) is -1.34. The van der Waals surface area contributed by atoms with Crippen LogP contribution < -0.4 is 5.19 Å². The van der Waals surface area contributed by atoms with Gasteiger partial charge in [0.1, 0.15) is 0 Å². The summed E-state index contributed by atoms with van der Waals surface area (Å²) in [6, 6.07) is 50.9. The number of nitrogens with zero attached hydrogens (tertiary/aromatic N) is 4. The maximum atomic E-state index is 6.36. The zero-order valence-corrected chi connectivity index (χ0v) is 38.6. The topological polar surface area (TPSA) is 56.7 Å². The third kappa shape index (κ3) is 7.51. The number of fused-ring (bicyclic) bond motifs is 7. The summed E-state index contributed by atoms with van der Waals surface area (Å²) in [5, 5.41) is 8.45. The molecule has 0 spiro atoms.